The summed E-state index contributed by atoms with van der Waals surface area (Å²) in [6.45, 7) is 0.925. The number of ether oxygens (including phenoxy) is 4. The van der Waals surface area contributed by atoms with Gasteiger partial charge >= 0.3 is 12.6 Å². The highest BCUT2D eigenvalue weighted by Gasteiger charge is 2.24. The molecule has 0 radical (unpaired) electrons. The second-order valence-electron chi connectivity index (χ2n) is 7.21. The summed E-state index contributed by atoms with van der Waals surface area (Å²) in [4.78, 5) is 14.3. The Balaban J connectivity index is 1.48. The molecule has 0 bridgehead atoms. The molecule has 174 valence electrons. The first-order valence-electron chi connectivity index (χ1n) is 10.5. The molecule has 9 heteroatoms. The normalized spacial score (nSPS) is 14.2. The first kappa shape index (κ1) is 23.4. The highest BCUT2D eigenvalue weighted by Crippen LogP contribution is 2.30. The molecule has 1 saturated heterocycles. The van der Waals surface area contributed by atoms with Crippen LogP contribution < -0.4 is 24.3 Å². The Kier molecular flexibility index (Phi) is 8.35. The van der Waals surface area contributed by atoms with Crippen molar-refractivity contribution in [2.75, 3.05) is 26.8 Å². The van der Waals surface area contributed by atoms with Gasteiger partial charge in [0.05, 0.1) is 13.7 Å². The minimum Gasteiger partial charge on any atom is -0.493 e. The molecule has 1 fully saturated rings. The number of alkyl halides is 2. The number of benzene rings is 2. The number of amides is 2. The maximum absolute atomic E-state index is 12.5. The van der Waals surface area contributed by atoms with Crippen molar-refractivity contribution >= 4 is 6.03 Å². The van der Waals surface area contributed by atoms with Gasteiger partial charge in [-0.15, -0.1) is 0 Å². The van der Waals surface area contributed by atoms with E-state index in [9.17, 15) is 13.6 Å². The lowest BCUT2D eigenvalue weighted by molar-refractivity contribution is -0.0512. The summed E-state index contributed by atoms with van der Waals surface area (Å²) < 4.78 is 46.1. The van der Waals surface area contributed by atoms with Crippen molar-refractivity contribution in [3.8, 4) is 23.0 Å². The fourth-order valence-corrected chi connectivity index (χ4v) is 3.48. The van der Waals surface area contributed by atoms with Crippen LogP contribution in [0.25, 0.3) is 0 Å². The van der Waals surface area contributed by atoms with E-state index < -0.39 is 6.61 Å². The molecule has 1 aliphatic rings. The average Bonchev–Trinajstić information content (AvgIpc) is 2.80. The molecular formula is C23H28F2N2O5. The van der Waals surface area contributed by atoms with Crippen molar-refractivity contribution in [2.24, 2.45) is 0 Å². The van der Waals surface area contributed by atoms with Gasteiger partial charge in [0.25, 0.3) is 0 Å². The van der Waals surface area contributed by atoms with Crippen molar-refractivity contribution in [3.05, 3.63) is 48.0 Å². The van der Waals surface area contributed by atoms with Crippen LogP contribution in [0.5, 0.6) is 23.0 Å². The SMILES string of the molecule is CCOc1ccccc1OC1CCN(C(=O)NCc2ccc(OC(F)F)c(OC)c2)CC1. The number of likely N-dealkylation sites (tertiary alicyclic amines) is 1. The molecule has 0 aromatic heterocycles. The van der Waals surface area contributed by atoms with Crippen molar-refractivity contribution in [2.45, 2.75) is 39.0 Å². The van der Waals surface area contributed by atoms with Crippen LogP contribution in [0.3, 0.4) is 0 Å². The first-order valence-corrected chi connectivity index (χ1v) is 10.5. The lowest BCUT2D eigenvalue weighted by atomic mass is 10.1. The third-order valence-electron chi connectivity index (χ3n) is 5.06. The largest absolute Gasteiger partial charge is 0.493 e. The van der Waals surface area contributed by atoms with Crippen molar-refractivity contribution < 1.29 is 32.5 Å². The number of nitrogens with one attached hydrogen (secondary N) is 1. The zero-order valence-corrected chi connectivity index (χ0v) is 18.2. The minimum absolute atomic E-state index is 0.00676. The lowest BCUT2D eigenvalue weighted by Gasteiger charge is -2.32. The number of para-hydroxylation sites is 2. The van der Waals surface area contributed by atoms with Gasteiger partial charge in [0.15, 0.2) is 23.0 Å². The number of carbonyl (C=O) groups excluding carboxylic acids is 1. The molecule has 1 heterocycles. The number of hydrogen-bond acceptors (Lipinski definition) is 5. The van der Waals surface area contributed by atoms with Gasteiger partial charge in [0.1, 0.15) is 6.10 Å². The van der Waals surface area contributed by atoms with Gasteiger partial charge in [0.2, 0.25) is 0 Å². The number of nitrogens with zero attached hydrogens (tertiary/aromatic N) is 1. The summed E-state index contributed by atoms with van der Waals surface area (Å²) in [6.07, 6.45) is 1.43. The molecule has 1 aliphatic heterocycles. The smallest absolute Gasteiger partial charge is 0.387 e. The zero-order valence-electron chi connectivity index (χ0n) is 18.2. The topological polar surface area (TPSA) is 69.3 Å². The first-order chi connectivity index (χ1) is 15.5. The highest BCUT2D eigenvalue weighted by atomic mass is 19.3. The van der Waals surface area contributed by atoms with Crippen LogP contribution >= 0.6 is 0 Å². The van der Waals surface area contributed by atoms with Crippen LogP contribution in [0.15, 0.2) is 42.5 Å². The van der Waals surface area contributed by atoms with Crippen LogP contribution in [-0.4, -0.2) is 50.5 Å². The summed E-state index contributed by atoms with van der Waals surface area (Å²) in [6, 6.07) is 11.9. The molecule has 7 nitrogen and oxygen atoms in total. The fourth-order valence-electron chi connectivity index (χ4n) is 3.48. The van der Waals surface area contributed by atoms with Crippen LogP contribution in [0, 0.1) is 0 Å². The molecule has 0 unspecified atom stereocenters. The van der Waals surface area contributed by atoms with Gasteiger partial charge in [-0.05, 0) is 36.8 Å². The van der Waals surface area contributed by atoms with Gasteiger partial charge < -0.3 is 29.2 Å². The molecule has 2 aromatic carbocycles. The summed E-state index contributed by atoms with van der Waals surface area (Å²) >= 11 is 0. The van der Waals surface area contributed by atoms with E-state index in [0.29, 0.717) is 43.9 Å². The Morgan fingerprint density at radius 2 is 1.81 bits per heavy atom. The molecular weight excluding hydrogens is 422 g/mol. The van der Waals surface area contributed by atoms with Gasteiger partial charge in [0, 0.05) is 32.5 Å². The van der Waals surface area contributed by atoms with E-state index in [1.165, 1.54) is 13.2 Å². The van der Waals surface area contributed by atoms with Crippen LogP contribution in [0.1, 0.15) is 25.3 Å². The molecule has 32 heavy (non-hydrogen) atoms. The quantitative estimate of drug-likeness (QED) is 0.611. The number of halogens is 2. The van der Waals surface area contributed by atoms with E-state index in [-0.39, 0.29) is 30.2 Å². The number of rotatable bonds is 9. The summed E-state index contributed by atoms with van der Waals surface area (Å²) in [5.74, 6) is 1.56. The maximum Gasteiger partial charge on any atom is 0.387 e. The maximum atomic E-state index is 12.5. The number of carbonyl (C=O) groups is 1. The number of methoxy groups -OCH3 is 1. The molecule has 0 atom stereocenters. The highest BCUT2D eigenvalue weighted by molar-refractivity contribution is 5.74. The van der Waals surface area contributed by atoms with E-state index in [2.05, 4.69) is 10.1 Å². The van der Waals surface area contributed by atoms with Gasteiger partial charge in [-0.2, -0.15) is 8.78 Å². The number of hydrogen-bond donors (Lipinski definition) is 1. The molecule has 0 aliphatic carbocycles. The fraction of sp³-hybridized carbons (Fsp3) is 0.435. The minimum atomic E-state index is -2.94. The van der Waals surface area contributed by atoms with Crippen molar-refractivity contribution in [3.63, 3.8) is 0 Å². The number of urea groups is 1. The standard InChI is InChI=1S/C23H28F2N2O5/c1-3-30-18-6-4-5-7-19(18)31-17-10-12-27(13-11-17)23(28)26-15-16-8-9-20(32-22(24)25)21(14-16)29-2/h4-9,14,17,22H,3,10-13,15H2,1-2H3,(H,26,28). The summed E-state index contributed by atoms with van der Waals surface area (Å²) in [5, 5.41) is 2.85. The molecule has 2 aromatic rings. The van der Waals surface area contributed by atoms with Crippen molar-refractivity contribution in [1.29, 1.82) is 0 Å². The average molecular weight is 450 g/mol. The second kappa shape index (κ2) is 11.4. The van der Waals surface area contributed by atoms with E-state index in [1.807, 2.05) is 31.2 Å². The third kappa shape index (κ3) is 6.38. The van der Waals surface area contributed by atoms with E-state index >= 15 is 0 Å². The molecule has 0 saturated carbocycles. The Morgan fingerprint density at radius 3 is 2.47 bits per heavy atom. The van der Waals surface area contributed by atoms with E-state index in [4.69, 9.17) is 14.2 Å². The Bertz CT molecular complexity index is 888. The second-order valence-corrected chi connectivity index (χ2v) is 7.21. The van der Waals surface area contributed by atoms with E-state index in [1.54, 1.807) is 17.0 Å². The summed E-state index contributed by atoms with van der Waals surface area (Å²) in [7, 11) is 1.37. The predicted molar refractivity (Wildman–Crippen MR) is 115 cm³/mol. The Labute approximate surface area is 186 Å². The molecule has 0 spiro atoms. The van der Waals surface area contributed by atoms with Gasteiger partial charge in [-0.25, -0.2) is 4.79 Å². The van der Waals surface area contributed by atoms with Gasteiger partial charge in [-0.3, -0.25) is 0 Å². The monoisotopic (exact) mass is 450 g/mol. The zero-order chi connectivity index (χ0) is 22.9. The molecule has 3 rings (SSSR count). The van der Waals surface area contributed by atoms with Crippen LogP contribution in [-0.2, 0) is 6.54 Å². The van der Waals surface area contributed by atoms with Crippen LogP contribution in [0.4, 0.5) is 13.6 Å². The number of piperidine rings is 1. The third-order valence-corrected chi connectivity index (χ3v) is 5.06. The summed E-state index contributed by atoms with van der Waals surface area (Å²) in [5.41, 5.74) is 0.711. The molecule has 1 N–H and O–H groups in total. The van der Waals surface area contributed by atoms with Crippen molar-refractivity contribution in [1.82, 2.24) is 10.2 Å². The van der Waals surface area contributed by atoms with Crippen LogP contribution in [0.2, 0.25) is 0 Å². The van der Waals surface area contributed by atoms with E-state index in [0.717, 1.165) is 5.75 Å². The Hall–Kier alpha value is -3.23. The lowest BCUT2D eigenvalue weighted by Crippen LogP contribution is -2.46. The van der Waals surface area contributed by atoms with Gasteiger partial charge in [-0.1, -0.05) is 18.2 Å². The predicted octanol–water partition coefficient (Wildman–Crippen LogP) is 4.45. The Morgan fingerprint density at radius 1 is 1.09 bits per heavy atom. The molecule has 2 amide bonds.